The van der Waals surface area contributed by atoms with Gasteiger partial charge in [-0.3, -0.25) is 0 Å². The van der Waals surface area contributed by atoms with E-state index < -0.39 is 0 Å². The Morgan fingerprint density at radius 3 is 2.30 bits per heavy atom. The Balaban J connectivity index is 2.22. The van der Waals surface area contributed by atoms with E-state index in [1.165, 1.54) is 29.5 Å². The molecule has 2 heteroatoms. The van der Waals surface area contributed by atoms with Gasteiger partial charge in [0.2, 0.25) is 0 Å². The first-order valence-corrected chi connectivity index (χ1v) is 7.24. The van der Waals surface area contributed by atoms with Crippen molar-refractivity contribution < 1.29 is 4.74 Å². The van der Waals surface area contributed by atoms with Crippen LogP contribution in [-0.2, 0) is 13.0 Å². The molecule has 2 aromatic carbocycles. The van der Waals surface area contributed by atoms with Gasteiger partial charge in [-0.15, -0.1) is 0 Å². The number of hydrogen-bond donors (Lipinski definition) is 1. The van der Waals surface area contributed by atoms with Gasteiger partial charge in [-0.2, -0.15) is 0 Å². The zero-order chi connectivity index (χ0) is 14.4. The van der Waals surface area contributed by atoms with E-state index in [4.69, 9.17) is 10.5 Å². The van der Waals surface area contributed by atoms with Crippen LogP contribution in [0.3, 0.4) is 0 Å². The Morgan fingerprint density at radius 2 is 1.70 bits per heavy atom. The van der Waals surface area contributed by atoms with Crippen molar-refractivity contribution in [2.75, 3.05) is 7.11 Å². The number of benzene rings is 2. The normalized spacial score (nSPS) is 10.6. The van der Waals surface area contributed by atoms with Gasteiger partial charge in [0, 0.05) is 12.1 Å². The van der Waals surface area contributed by atoms with Crippen LogP contribution in [0.15, 0.2) is 42.5 Å². The predicted molar refractivity (Wildman–Crippen MR) is 84.9 cm³/mol. The number of rotatable bonds is 6. The minimum Gasteiger partial charge on any atom is -0.496 e. The highest BCUT2D eigenvalue weighted by Gasteiger charge is 2.04. The molecule has 2 rings (SSSR count). The van der Waals surface area contributed by atoms with Crippen molar-refractivity contribution >= 4 is 0 Å². The van der Waals surface area contributed by atoms with Crippen molar-refractivity contribution in [3.63, 3.8) is 0 Å². The van der Waals surface area contributed by atoms with E-state index in [-0.39, 0.29) is 0 Å². The van der Waals surface area contributed by atoms with Crippen molar-refractivity contribution in [2.24, 2.45) is 5.73 Å². The standard InChI is InChI=1S/C18H23NO/c1-3-4-5-14-6-8-15(9-7-14)16-10-11-18(20-2)17(12-16)13-19/h6-12H,3-5,13,19H2,1-2H3. The number of unbranched alkanes of at least 4 members (excludes halogenated alkanes) is 1. The molecular formula is C18H23NO. The van der Waals surface area contributed by atoms with Gasteiger partial charge in [-0.1, -0.05) is 43.7 Å². The van der Waals surface area contributed by atoms with Crippen molar-refractivity contribution in [3.05, 3.63) is 53.6 Å². The van der Waals surface area contributed by atoms with Crippen LogP contribution in [0.25, 0.3) is 11.1 Å². The zero-order valence-corrected chi connectivity index (χ0v) is 12.4. The Bertz CT molecular complexity index is 546. The molecule has 106 valence electrons. The summed E-state index contributed by atoms with van der Waals surface area (Å²) in [5, 5.41) is 0. The highest BCUT2D eigenvalue weighted by molar-refractivity contribution is 5.66. The van der Waals surface area contributed by atoms with Crippen LogP contribution in [0, 0.1) is 0 Å². The zero-order valence-electron chi connectivity index (χ0n) is 12.4. The van der Waals surface area contributed by atoms with E-state index in [1.54, 1.807) is 7.11 Å². The van der Waals surface area contributed by atoms with E-state index in [9.17, 15) is 0 Å². The fourth-order valence-corrected chi connectivity index (χ4v) is 2.36. The molecule has 2 aromatic rings. The van der Waals surface area contributed by atoms with Crippen LogP contribution in [0.1, 0.15) is 30.9 Å². The number of methoxy groups -OCH3 is 1. The molecule has 0 atom stereocenters. The second kappa shape index (κ2) is 7.11. The molecule has 0 heterocycles. The number of aryl methyl sites for hydroxylation is 1. The monoisotopic (exact) mass is 269 g/mol. The fraction of sp³-hybridized carbons (Fsp3) is 0.333. The summed E-state index contributed by atoms with van der Waals surface area (Å²) in [7, 11) is 1.68. The van der Waals surface area contributed by atoms with Crippen LogP contribution in [0.5, 0.6) is 5.75 Å². The Morgan fingerprint density at radius 1 is 1.00 bits per heavy atom. The molecule has 0 aliphatic carbocycles. The predicted octanol–water partition coefficient (Wildman–Crippen LogP) is 4.16. The maximum Gasteiger partial charge on any atom is 0.123 e. The molecule has 0 aromatic heterocycles. The number of nitrogens with two attached hydrogens (primary N) is 1. The van der Waals surface area contributed by atoms with E-state index in [0.717, 1.165) is 17.7 Å². The third-order valence-electron chi connectivity index (χ3n) is 3.61. The second-order valence-electron chi connectivity index (χ2n) is 5.03. The molecule has 2 N–H and O–H groups in total. The molecular weight excluding hydrogens is 246 g/mol. The molecule has 2 nitrogen and oxygen atoms in total. The van der Waals surface area contributed by atoms with E-state index in [0.29, 0.717) is 6.54 Å². The minimum atomic E-state index is 0.492. The van der Waals surface area contributed by atoms with Gasteiger partial charge < -0.3 is 10.5 Å². The molecule has 0 aliphatic rings. The van der Waals surface area contributed by atoms with E-state index in [1.807, 2.05) is 6.07 Å². The smallest absolute Gasteiger partial charge is 0.123 e. The number of ether oxygens (including phenoxy) is 1. The lowest BCUT2D eigenvalue weighted by atomic mass is 10.00. The van der Waals surface area contributed by atoms with Gasteiger partial charge >= 0.3 is 0 Å². The largest absolute Gasteiger partial charge is 0.496 e. The average molecular weight is 269 g/mol. The van der Waals surface area contributed by atoms with Crippen LogP contribution in [0.2, 0.25) is 0 Å². The fourth-order valence-electron chi connectivity index (χ4n) is 2.36. The Hall–Kier alpha value is -1.80. The van der Waals surface area contributed by atoms with Gasteiger partial charge in [0.25, 0.3) is 0 Å². The first-order valence-electron chi connectivity index (χ1n) is 7.24. The molecule has 20 heavy (non-hydrogen) atoms. The van der Waals surface area contributed by atoms with Crippen molar-refractivity contribution in [1.29, 1.82) is 0 Å². The number of hydrogen-bond acceptors (Lipinski definition) is 2. The molecule has 0 bridgehead atoms. The van der Waals surface area contributed by atoms with Gasteiger partial charge in [0.1, 0.15) is 5.75 Å². The van der Waals surface area contributed by atoms with Crippen molar-refractivity contribution in [2.45, 2.75) is 32.7 Å². The summed E-state index contributed by atoms with van der Waals surface area (Å²) >= 11 is 0. The van der Waals surface area contributed by atoms with Crippen LogP contribution in [-0.4, -0.2) is 7.11 Å². The summed E-state index contributed by atoms with van der Waals surface area (Å²) in [5.74, 6) is 0.857. The molecule has 0 spiro atoms. The van der Waals surface area contributed by atoms with E-state index in [2.05, 4.69) is 43.3 Å². The quantitative estimate of drug-likeness (QED) is 0.854. The third kappa shape index (κ3) is 3.40. The molecule has 0 saturated heterocycles. The molecule has 0 aliphatic heterocycles. The Labute approximate surface area is 121 Å². The summed E-state index contributed by atoms with van der Waals surface area (Å²) in [4.78, 5) is 0. The lowest BCUT2D eigenvalue weighted by molar-refractivity contribution is 0.410. The summed E-state index contributed by atoms with van der Waals surface area (Å²) in [6.45, 7) is 2.71. The summed E-state index contributed by atoms with van der Waals surface area (Å²) in [6, 6.07) is 15.0. The summed E-state index contributed by atoms with van der Waals surface area (Å²) < 4.78 is 5.31. The van der Waals surface area contributed by atoms with Gasteiger partial charge in [0.15, 0.2) is 0 Å². The average Bonchev–Trinajstić information content (AvgIpc) is 2.52. The minimum absolute atomic E-state index is 0.492. The summed E-state index contributed by atoms with van der Waals surface area (Å²) in [6.07, 6.45) is 3.65. The third-order valence-corrected chi connectivity index (χ3v) is 3.61. The van der Waals surface area contributed by atoms with Crippen LogP contribution in [0.4, 0.5) is 0 Å². The summed E-state index contributed by atoms with van der Waals surface area (Å²) in [5.41, 5.74) is 10.6. The van der Waals surface area contributed by atoms with Crippen molar-refractivity contribution in [1.82, 2.24) is 0 Å². The Kier molecular flexibility index (Phi) is 5.19. The van der Waals surface area contributed by atoms with Crippen LogP contribution >= 0.6 is 0 Å². The molecule has 0 radical (unpaired) electrons. The second-order valence-corrected chi connectivity index (χ2v) is 5.03. The lowest BCUT2D eigenvalue weighted by Crippen LogP contribution is -2.00. The maximum atomic E-state index is 5.77. The first-order chi connectivity index (χ1) is 9.78. The topological polar surface area (TPSA) is 35.2 Å². The molecule has 0 fully saturated rings. The maximum absolute atomic E-state index is 5.77. The molecule has 0 unspecified atom stereocenters. The van der Waals surface area contributed by atoms with Gasteiger partial charge in [-0.05, 0) is 41.7 Å². The highest BCUT2D eigenvalue weighted by Crippen LogP contribution is 2.26. The lowest BCUT2D eigenvalue weighted by Gasteiger charge is -2.10. The van der Waals surface area contributed by atoms with Crippen molar-refractivity contribution in [3.8, 4) is 16.9 Å². The molecule has 0 saturated carbocycles. The SMILES string of the molecule is CCCCc1ccc(-c2ccc(OC)c(CN)c2)cc1. The van der Waals surface area contributed by atoms with Gasteiger partial charge in [-0.25, -0.2) is 0 Å². The van der Waals surface area contributed by atoms with E-state index >= 15 is 0 Å². The van der Waals surface area contributed by atoms with Crippen LogP contribution < -0.4 is 10.5 Å². The van der Waals surface area contributed by atoms with Gasteiger partial charge in [0.05, 0.1) is 7.11 Å². The highest BCUT2D eigenvalue weighted by atomic mass is 16.5. The molecule has 0 amide bonds. The first kappa shape index (κ1) is 14.6.